The van der Waals surface area contributed by atoms with Crippen LogP contribution >= 0.6 is 0 Å². The molecule has 0 spiro atoms. The van der Waals surface area contributed by atoms with Crippen LogP contribution in [-0.2, 0) is 0 Å². The normalized spacial score (nSPS) is 27.4. The van der Waals surface area contributed by atoms with Gasteiger partial charge in [-0.3, -0.25) is 0 Å². The van der Waals surface area contributed by atoms with Gasteiger partial charge < -0.3 is 5.32 Å². The monoisotopic (exact) mass is 223 g/mol. The van der Waals surface area contributed by atoms with E-state index in [1.54, 1.807) is 0 Å². The minimum atomic E-state index is -4.08. The van der Waals surface area contributed by atoms with Gasteiger partial charge in [0, 0.05) is 6.04 Å². The summed E-state index contributed by atoms with van der Waals surface area (Å²) in [6, 6.07) is 0.0494. The van der Waals surface area contributed by atoms with Crippen molar-refractivity contribution in [3.05, 3.63) is 0 Å². The lowest BCUT2D eigenvalue weighted by Crippen LogP contribution is -2.36. The molecule has 0 bridgehead atoms. The number of nitrogens with one attached hydrogen (secondary N) is 1. The van der Waals surface area contributed by atoms with Crippen molar-refractivity contribution in [1.29, 1.82) is 0 Å². The summed E-state index contributed by atoms with van der Waals surface area (Å²) in [4.78, 5) is 0. The molecule has 4 heteroatoms. The van der Waals surface area contributed by atoms with Crippen LogP contribution in [0, 0.1) is 5.41 Å². The Kier molecular flexibility index (Phi) is 4.04. The third-order valence-electron chi connectivity index (χ3n) is 3.17. The Balaban J connectivity index is 2.32. The lowest BCUT2D eigenvalue weighted by Gasteiger charge is -2.22. The fourth-order valence-corrected chi connectivity index (χ4v) is 2.13. The van der Waals surface area contributed by atoms with Crippen molar-refractivity contribution in [3.8, 4) is 0 Å². The second-order valence-corrected chi connectivity index (χ2v) is 5.29. The van der Waals surface area contributed by atoms with Crippen LogP contribution in [-0.4, -0.2) is 18.8 Å². The maximum Gasteiger partial charge on any atom is 0.401 e. The predicted molar refractivity (Wildman–Crippen MR) is 54.7 cm³/mol. The van der Waals surface area contributed by atoms with Crippen molar-refractivity contribution in [2.75, 3.05) is 6.54 Å². The minimum absolute atomic E-state index is 0.0494. The largest absolute Gasteiger partial charge is 0.401 e. The predicted octanol–water partition coefficient (Wildman–Crippen LogP) is 3.50. The van der Waals surface area contributed by atoms with Crippen molar-refractivity contribution < 1.29 is 13.2 Å². The molecule has 1 rings (SSSR count). The first kappa shape index (κ1) is 12.8. The highest BCUT2D eigenvalue weighted by Crippen LogP contribution is 2.33. The summed E-state index contributed by atoms with van der Waals surface area (Å²) in [5.74, 6) is 0. The zero-order chi connectivity index (χ0) is 11.5. The molecule has 1 nitrogen and oxygen atoms in total. The SMILES string of the molecule is CC1(C)CCCC(NCC(F)(F)F)CC1. The molecule has 0 aromatic heterocycles. The summed E-state index contributed by atoms with van der Waals surface area (Å²) in [5.41, 5.74) is 0.300. The molecule has 0 aliphatic heterocycles. The van der Waals surface area contributed by atoms with Crippen LogP contribution in [0.5, 0.6) is 0 Å². The van der Waals surface area contributed by atoms with Gasteiger partial charge >= 0.3 is 6.18 Å². The highest BCUT2D eigenvalue weighted by molar-refractivity contribution is 4.80. The molecule has 0 heterocycles. The summed E-state index contributed by atoms with van der Waals surface area (Å²) in [6.45, 7) is 3.54. The average molecular weight is 223 g/mol. The third kappa shape index (κ3) is 5.40. The number of hydrogen-bond donors (Lipinski definition) is 1. The Labute approximate surface area is 89.4 Å². The van der Waals surface area contributed by atoms with Gasteiger partial charge in [0.25, 0.3) is 0 Å². The van der Waals surface area contributed by atoms with Gasteiger partial charge in [0.1, 0.15) is 0 Å². The van der Waals surface area contributed by atoms with E-state index in [4.69, 9.17) is 0 Å². The highest BCUT2D eigenvalue weighted by atomic mass is 19.4. The van der Waals surface area contributed by atoms with Crippen molar-refractivity contribution in [2.24, 2.45) is 5.41 Å². The Morgan fingerprint density at radius 1 is 1.20 bits per heavy atom. The van der Waals surface area contributed by atoms with Crippen LogP contribution in [0.2, 0.25) is 0 Å². The second-order valence-electron chi connectivity index (χ2n) is 5.29. The first-order chi connectivity index (χ1) is 6.79. The summed E-state index contributed by atoms with van der Waals surface area (Å²) >= 11 is 0. The molecule has 1 fully saturated rings. The Morgan fingerprint density at radius 3 is 2.47 bits per heavy atom. The molecule has 15 heavy (non-hydrogen) atoms. The van der Waals surface area contributed by atoms with Gasteiger partial charge in [-0.15, -0.1) is 0 Å². The van der Waals surface area contributed by atoms with Gasteiger partial charge in [-0.05, 0) is 31.1 Å². The maximum absolute atomic E-state index is 12.0. The zero-order valence-corrected chi connectivity index (χ0v) is 9.45. The Morgan fingerprint density at radius 2 is 1.87 bits per heavy atom. The van der Waals surface area contributed by atoms with E-state index in [9.17, 15) is 13.2 Å². The molecule has 1 saturated carbocycles. The number of hydrogen-bond acceptors (Lipinski definition) is 1. The molecule has 90 valence electrons. The average Bonchev–Trinajstić information content (AvgIpc) is 2.22. The first-order valence-electron chi connectivity index (χ1n) is 5.59. The second kappa shape index (κ2) is 4.73. The molecular formula is C11H20F3N. The fraction of sp³-hybridized carbons (Fsp3) is 1.00. The van der Waals surface area contributed by atoms with E-state index in [0.29, 0.717) is 5.41 Å². The van der Waals surface area contributed by atoms with Crippen LogP contribution in [0.25, 0.3) is 0 Å². The van der Waals surface area contributed by atoms with Gasteiger partial charge in [0.15, 0.2) is 0 Å². The van der Waals surface area contributed by atoms with Crippen LogP contribution in [0.15, 0.2) is 0 Å². The molecule has 1 aliphatic carbocycles. The molecule has 1 atom stereocenters. The summed E-state index contributed by atoms with van der Waals surface area (Å²) in [7, 11) is 0. The van der Waals surface area contributed by atoms with E-state index in [0.717, 1.165) is 32.1 Å². The zero-order valence-electron chi connectivity index (χ0n) is 9.45. The quantitative estimate of drug-likeness (QED) is 0.706. The van der Waals surface area contributed by atoms with Gasteiger partial charge in [0.2, 0.25) is 0 Å². The number of alkyl halides is 3. The molecule has 0 aromatic carbocycles. The van der Waals surface area contributed by atoms with Crippen molar-refractivity contribution in [1.82, 2.24) is 5.32 Å². The number of rotatable bonds is 2. The standard InChI is InChI=1S/C11H20F3N/c1-10(2)6-3-4-9(5-7-10)15-8-11(12,13)14/h9,15H,3-8H2,1-2H3. The lowest BCUT2D eigenvalue weighted by molar-refractivity contribution is -0.126. The van der Waals surface area contributed by atoms with E-state index in [1.807, 2.05) is 0 Å². The van der Waals surface area contributed by atoms with Crippen molar-refractivity contribution in [3.63, 3.8) is 0 Å². The van der Waals surface area contributed by atoms with Gasteiger partial charge in [-0.25, -0.2) is 0 Å². The molecule has 0 radical (unpaired) electrons. The molecule has 1 unspecified atom stereocenters. The van der Waals surface area contributed by atoms with Gasteiger partial charge in [-0.2, -0.15) is 13.2 Å². The minimum Gasteiger partial charge on any atom is -0.306 e. The Bertz CT molecular complexity index is 198. The van der Waals surface area contributed by atoms with Crippen molar-refractivity contribution >= 4 is 0 Å². The molecule has 1 N–H and O–H groups in total. The van der Waals surface area contributed by atoms with E-state index in [2.05, 4.69) is 19.2 Å². The molecule has 0 amide bonds. The van der Waals surface area contributed by atoms with Crippen LogP contribution in [0.4, 0.5) is 13.2 Å². The molecule has 0 aromatic rings. The van der Waals surface area contributed by atoms with E-state index >= 15 is 0 Å². The van der Waals surface area contributed by atoms with Crippen LogP contribution in [0.3, 0.4) is 0 Å². The van der Waals surface area contributed by atoms with E-state index in [-0.39, 0.29) is 6.04 Å². The van der Waals surface area contributed by atoms with Crippen LogP contribution < -0.4 is 5.32 Å². The van der Waals surface area contributed by atoms with Crippen LogP contribution in [0.1, 0.15) is 46.0 Å². The number of halogens is 3. The highest BCUT2D eigenvalue weighted by Gasteiger charge is 2.30. The topological polar surface area (TPSA) is 12.0 Å². The first-order valence-corrected chi connectivity index (χ1v) is 5.59. The van der Waals surface area contributed by atoms with E-state index in [1.165, 1.54) is 0 Å². The van der Waals surface area contributed by atoms with Gasteiger partial charge in [0.05, 0.1) is 6.54 Å². The third-order valence-corrected chi connectivity index (χ3v) is 3.17. The molecule has 0 saturated heterocycles. The maximum atomic E-state index is 12.0. The smallest absolute Gasteiger partial charge is 0.306 e. The van der Waals surface area contributed by atoms with Crippen molar-refractivity contribution in [2.45, 2.75) is 58.2 Å². The fourth-order valence-electron chi connectivity index (χ4n) is 2.13. The summed E-state index contributed by atoms with van der Waals surface area (Å²) < 4.78 is 36.0. The lowest BCUT2D eigenvalue weighted by atomic mass is 9.85. The molecule has 1 aliphatic rings. The Hall–Kier alpha value is -0.250. The summed E-state index contributed by atoms with van der Waals surface area (Å²) in [6.07, 6.45) is 0.826. The summed E-state index contributed by atoms with van der Waals surface area (Å²) in [5, 5.41) is 2.61. The van der Waals surface area contributed by atoms with Gasteiger partial charge in [-0.1, -0.05) is 20.3 Å². The van der Waals surface area contributed by atoms with E-state index < -0.39 is 12.7 Å². The molecular weight excluding hydrogens is 203 g/mol.